The van der Waals surface area contributed by atoms with E-state index in [-0.39, 0.29) is 43.3 Å². The summed E-state index contributed by atoms with van der Waals surface area (Å²) < 4.78 is 11.8. The van der Waals surface area contributed by atoms with Crippen LogP contribution in [0.1, 0.15) is 42.9 Å². The van der Waals surface area contributed by atoms with E-state index in [1.165, 1.54) is 0 Å². The van der Waals surface area contributed by atoms with Crippen molar-refractivity contribution in [1.82, 2.24) is 10.2 Å². The van der Waals surface area contributed by atoms with Gasteiger partial charge >= 0.3 is 12.1 Å². The van der Waals surface area contributed by atoms with Crippen LogP contribution in [0.15, 0.2) is 78.9 Å². The molecule has 2 amide bonds. The molecule has 2 aliphatic rings. The monoisotopic (exact) mass is 556 g/mol. The number of carboxylic acid groups (broad SMARTS) is 1. The van der Waals surface area contributed by atoms with Crippen LogP contribution < -0.4 is 5.32 Å². The minimum absolute atomic E-state index is 0.00448. The van der Waals surface area contributed by atoms with Gasteiger partial charge in [-0.05, 0) is 46.6 Å². The number of carboxylic acids is 1. The minimum Gasteiger partial charge on any atom is -0.481 e. The summed E-state index contributed by atoms with van der Waals surface area (Å²) >= 11 is 0. The van der Waals surface area contributed by atoms with Gasteiger partial charge in [0.2, 0.25) is 5.91 Å². The first-order valence-corrected chi connectivity index (χ1v) is 14.1. The van der Waals surface area contributed by atoms with E-state index >= 15 is 0 Å². The van der Waals surface area contributed by atoms with Crippen molar-refractivity contribution in [2.45, 2.75) is 44.9 Å². The van der Waals surface area contributed by atoms with Gasteiger partial charge in [0.05, 0.1) is 19.1 Å². The molecule has 2 N–H and O–H groups in total. The predicted octanol–water partition coefficient (Wildman–Crippen LogP) is 5.07. The normalized spacial score (nSPS) is 19.2. The van der Waals surface area contributed by atoms with Gasteiger partial charge in [-0.1, -0.05) is 85.8 Å². The molecule has 3 aromatic carbocycles. The molecule has 0 unspecified atom stereocenters. The van der Waals surface area contributed by atoms with Crippen molar-refractivity contribution in [1.29, 1.82) is 0 Å². The highest BCUT2D eigenvalue weighted by atomic mass is 16.5. The molecular formula is C33H36N2O6. The summed E-state index contributed by atoms with van der Waals surface area (Å²) in [4.78, 5) is 39.9. The highest BCUT2D eigenvalue weighted by molar-refractivity contribution is 5.87. The molecule has 0 aromatic heterocycles. The third kappa shape index (κ3) is 6.43. The topological polar surface area (TPSA) is 105 Å². The number of rotatable bonds is 10. The Hall–Kier alpha value is -4.17. The lowest BCUT2D eigenvalue weighted by Gasteiger charge is -2.29. The zero-order valence-corrected chi connectivity index (χ0v) is 23.4. The van der Waals surface area contributed by atoms with E-state index in [1.807, 2.05) is 61.5 Å². The van der Waals surface area contributed by atoms with Crippen LogP contribution in [0.2, 0.25) is 0 Å². The van der Waals surface area contributed by atoms with Gasteiger partial charge < -0.3 is 24.8 Å². The SMILES string of the molecule is C[C@@H]1CN(C(=O)[C@H](NC(=O)OCC2c3ccccc3-c3ccccc32)[C@H](C)OCc2ccccc2)C[C@H]1CC(=O)O. The Kier molecular flexibility index (Phi) is 8.69. The number of likely N-dealkylation sites (tertiary alicyclic amines) is 1. The average Bonchev–Trinajstić information content (AvgIpc) is 3.50. The number of hydrogen-bond acceptors (Lipinski definition) is 5. The molecule has 4 atom stereocenters. The van der Waals surface area contributed by atoms with Gasteiger partial charge in [-0.2, -0.15) is 0 Å². The molecule has 1 aliphatic carbocycles. The molecule has 8 heteroatoms. The van der Waals surface area contributed by atoms with E-state index in [1.54, 1.807) is 11.8 Å². The highest BCUT2D eigenvalue weighted by Gasteiger charge is 2.39. The van der Waals surface area contributed by atoms with Crippen molar-refractivity contribution >= 4 is 18.0 Å². The summed E-state index contributed by atoms with van der Waals surface area (Å²) in [5.74, 6) is -1.41. The first kappa shape index (κ1) is 28.4. The van der Waals surface area contributed by atoms with Crippen molar-refractivity contribution < 1.29 is 29.0 Å². The first-order valence-electron chi connectivity index (χ1n) is 14.1. The van der Waals surface area contributed by atoms with Crippen LogP contribution in [-0.4, -0.2) is 59.8 Å². The lowest BCUT2D eigenvalue weighted by atomic mass is 9.95. The van der Waals surface area contributed by atoms with Gasteiger partial charge in [0, 0.05) is 19.0 Å². The second kappa shape index (κ2) is 12.6. The summed E-state index contributed by atoms with van der Waals surface area (Å²) in [6, 6.07) is 24.8. The van der Waals surface area contributed by atoms with Crippen LogP contribution in [-0.2, 0) is 25.7 Å². The maximum Gasteiger partial charge on any atom is 0.407 e. The van der Waals surface area contributed by atoms with Gasteiger partial charge in [0.15, 0.2) is 0 Å². The Morgan fingerprint density at radius 2 is 1.54 bits per heavy atom. The Bertz CT molecular complexity index is 1350. The zero-order valence-electron chi connectivity index (χ0n) is 23.4. The third-order valence-electron chi connectivity index (χ3n) is 8.22. The fourth-order valence-electron chi connectivity index (χ4n) is 5.95. The Balaban J connectivity index is 1.28. The van der Waals surface area contributed by atoms with Gasteiger partial charge in [-0.15, -0.1) is 0 Å². The lowest BCUT2D eigenvalue weighted by molar-refractivity contribution is -0.139. The molecule has 0 bridgehead atoms. The fourth-order valence-corrected chi connectivity index (χ4v) is 5.95. The molecule has 5 rings (SSSR count). The zero-order chi connectivity index (χ0) is 28.9. The summed E-state index contributed by atoms with van der Waals surface area (Å²) in [5, 5.41) is 12.1. The quantitative estimate of drug-likeness (QED) is 0.361. The maximum atomic E-state index is 13.7. The minimum atomic E-state index is -0.995. The standard InChI is InChI=1S/C33H36N2O6/c1-21-17-35(18-24(21)16-30(36)37)32(38)31(22(2)40-19-23-10-4-3-5-11-23)34-33(39)41-20-29-27-14-8-6-12-25(27)26-13-7-9-15-28(26)29/h3-15,21-22,24,29,31H,16-20H2,1-2H3,(H,34,39)(H,36,37)/t21-,22+,24-,31-/m1/s1. The Morgan fingerprint density at radius 1 is 0.927 bits per heavy atom. The predicted molar refractivity (Wildman–Crippen MR) is 154 cm³/mol. The van der Waals surface area contributed by atoms with Crippen molar-refractivity contribution in [3.63, 3.8) is 0 Å². The Labute approximate surface area is 240 Å². The van der Waals surface area contributed by atoms with Crippen LogP contribution in [0, 0.1) is 11.8 Å². The number of nitrogens with one attached hydrogen (secondary N) is 1. The van der Waals surface area contributed by atoms with Gasteiger partial charge in [-0.3, -0.25) is 9.59 Å². The van der Waals surface area contributed by atoms with Crippen molar-refractivity contribution in [3.05, 3.63) is 95.6 Å². The molecular weight excluding hydrogens is 520 g/mol. The molecule has 1 fully saturated rings. The number of alkyl carbamates (subject to hydrolysis) is 1. The van der Waals surface area contributed by atoms with Crippen LogP contribution in [0.4, 0.5) is 4.79 Å². The van der Waals surface area contributed by atoms with Crippen LogP contribution in [0.3, 0.4) is 0 Å². The highest BCUT2D eigenvalue weighted by Crippen LogP contribution is 2.44. The number of carbonyl (C=O) groups excluding carboxylic acids is 2. The Morgan fingerprint density at radius 3 is 2.17 bits per heavy atom. The molecule has 41 heavy (non-hydrogen) atoms. The second-order valence-electron chi connectivity index (χ2n) is 11.0. The van der Waals surface area contributed by atoms with Crippen LogP contribution in [0.5, 0.6) is 0 Å². The molecule has 0 radical (unpaired) electrons. The van der Waals surface area contributed by atoms with Crippen LogP contribution >= 0.6 is 0 Å². The van der Waals surface area contributed by atoms with Crippen molar-refractivity contribution in [2.75, 3.05) is 19.7 Å². The van der Waals surface area contributed by atoms with Crippen molar-refractivity contribution in [2.24, 2.45) is 11.8 Å². The number of benzene rings is 3. The number of hydrogen-bond donors (Lipinski definition) is 2. The first-order chi connectivity index (χ1) is 19.8. The van der Waals surface area contributed by atoms with E-state index in [4.69, 9.17) is 9.47 Å². The number of amides is 2. The summed E-state index contributed by atoms with van der Waals surface area (Å²) in [7, 11) is 0. The molecule has 3 aromatic rings. The fraction of sp³-hybridized carbons (Fsp3) is 0.364. The second-order valence-corrected chi connectivity index (χ2v) is 11.0. The number of aliphatic carboxylic acids is 1. The molecule has 1 saturated heterocycles. The number of nitrogens with zero attached hydrogens (tertiary/aromatic N) is 1. The number of ether oxygens (including phenoxy) is 2. The molecule has 1 aliphatic heterocycles. The average molecular weight is 557 g/mol. The molecule has 0 spiro atoms. The van der Waals surface area contributed by atoms with E-state index in [0.29, 0.717) is 13.1 Å². The van der Waals surface area contributed by atoms with E-state index in [2.05, 4.69) is 29.6 Å². The third-order valence-corrected chi connectivity index (χ3v) is 8.22. The largest absolute Gasteiger partial charge is 0.481 e. The van der Waals surface area contributed by atoms with E-state index in [0.717, 1.165) is 27.8 Å². The summed E-state index contributed by atoms with van der Waals surface area (Å²) in [6.45, 7) is 4.84. The van der Waals surface area contributed by atoms with Crippen molar-refractivity contribution in [3.8, 4) is 11.1 Å². The number of fused-ring (bicyclic) bond motifs is 3. The maximum absolute atomic E-state index is 13.7. The molecule has 214 valence electrons. The molecule has 8 nitrogen and oxygen atoms in total. The van der Waals surface area contributed by atoms with Gasteiger partial charge in [-0.25, -0.2) is 4.79 Å². The summed E-state index contributed by atoms with van der Waals surface area (Å²) in [6.07, 6.45) is -1.36. The molecule has 0 saturated carbocycles. The number of carbonyl (C=O) groups is 3. The van der Waals surface area contributed by atoms with Gasteiger partial charge in [0.25, 0.3) is 0 Å². The van der Waals surface area contributed by atoms with Gasteiger partial charge in [0.1, 0.15) is 12.6 Å². The van der Waals surface area contributed by atoms with E-state index in [9.17, 15) is 19.5 Å². The van der Waals surface area contributed by atoms with E-state index < -0.39 is 24.2 Å². The van der Waals surface area contributed by atoms with Crippen LogP contribution in [0.25, 0.3) is 11.1 Å². The molecule has 1 heterocycles. The summed E-state index contributed by atoms with van der Waals surface area (Å²) in [5.41, 5.74) is 5.41. The smallest absolute Gasteiger partial charge is 0.407 e. The lowest BCUT2D eigenvalue weighted by Crippen LogP contribution is -2.54.